The van der Waals surface area contributed by atoms with Crippen molar-refractivity contribution >= 4 is 34.0 Å². The molecule has 1 fully saturated rings. The summed E-state index contributed by atoms with van der Waals surface area (Å²) in [4.78, 5) is 13.1. The minimum Gasteiger partial charge on any atom is -0.375 e. The largest absolute Gasteiger partial charge is 0.375 e. The van der Waals surface area contributed by atoms with E-state index in [4.69, 9.17) is 0 Å². The lowest BCUT2D eigenvalue weighted by molar-refractivity contribution is -0.384. The Bertz CT molecular complexity index is 467. The van der Waals surface area contributed by atoms with E-state index in [2.05, 4.69) is 39.7 Å². The molecule has 1 N–H and O–H groups in total. The van der Waals surface area contributed by atoms with Gasteiger partial charge >= 0.3 is 0 Å². The zero-order valence-corrected chi connectivity index (χ0v) is 13.1. The minimum atomic E-state index is -0.315. The van der Waals surface area contributed by atoms with Crippen molar-refractivity contribution in [3.8, 4) is 0 Å². The number of likely N-dealkylation sites (N-methyl/N-ethyl adjacent to an activating group) is 1. The maximum absolute atomic E-state index is 11.1. The number of nitro groups is 1. The molecule has 5 nitrogen and oxygen atoms in total. The number of nitrogens with zero attached hydrogens (tertiary/aromatic N) is 2. The molecule has 0 spiro atoms. The van der Waals surface area contributed by atoms with E-state index in [1.807, 2.05) is 12.1 Å². The monoisotopic (exact) mass is 375 g/mol. The van der Waals surface area contributed by atoms with Crippen LogP contribution in [-0.2, 0) is 0 Å². The Balaban J connectivity index is 2.12. The summed E-state index contributed by atoms with van der Waals surface area (Å²) in [5.41, 5.74) is 0.800. The molecule has 1 aliphatic rings. The summed E-state index contributed by atoms with van der Waals surface area (Å²) >= 11 is 2.10. The average Bonchev–Trinajstić information content (AvgIpc) is 2.41. The number of nitro benzene ring substituents is 1. The highest BCUT2D eigenvalue weighted by atomic mass is 127. The van der Waals surface area contributed by atoms with Crippen molar-refractivity contribution < 1.29 is 4.92 Å². The molecule has 0 bridgehead atoms. The second kappa shape index (κ2) is 6.51. The SMILES string of the molecule is CCN1CCCC(Nc2ccc(I)cc2[N+](=O)[O-])C1. The highest BCUT2D eigenvalue weighted by molar-refractivity contribution is 14.1. The number of nitrogens with one attached hydrogen (secondary N) is 1. The van der Waals surface area contributed by atoms with Crippen LogP contribution in [0.15, 0.2) is 18.2 Å². The van der Waals surface area contributed by atoms with Gasteiger partial charge in [0.25, 0.3) is 5.69 Å². The summed E-state index contributed by atoms with van der Waals surface area (Å²) in [6.45, 7) is 5.27. The van der Waals surface area contributed by atoms with Gasteiger partial charge in [-0.3, -0.25) is 10.1 Å². The molecule has 1 aromatic rings. The Hall–Kier alpha value is -0.890. The third kappa shape index (κ3) is 3.79. The van der Waals surface area contributed by atoms with Crippen molar-refractivity contribution in [3.05, 3.63) is 31.9 Å². The summed E-state index contributed by atoms with van der Waals surface area (Å²) < 4.78 is 0.883. The van der Waals surface area contributed by atoms with E-state index in [0.29, 0.717) is 11.7 Å². The lowest BCUT2D eigenvalue weighted by Crippen LogP contribution is -2.41. The predicted molar refractivity (Wildman–Crippen MR) is 84.6 cm³/mol. The number of hydrogen-bond acceptors (Lipinski definition) is 4. The Morgan fingerprint density at radius 2 is 2.37 bits per heavy atom. The first kappa shape index (κ1) is 14.5. The van der Waals surface area contributed by atoms with Crippen LogP contribution >= 0.6 is 22.6 Å². The number of hydrogen-bond donors (Lipinski definition) is 1. The van der Waals surface area contributed by atoms with Gasteiger partial charge in [0.1, 0.15) is 5.69 Å². The van der Waals surface area contributed by atoms with Crippen LogP contribution in [0.2, 0.25) is 0 Å². The molecule has 1 aliphatic heterocycles. The van der Waals surface area contributed by atoms with Gasteiger partial charge < -0.3 is 10.2 Å². The van der Waals surface area contributed by atoms with Crippen LogP contribution in [0.4, 0.5) is 11.4 Å². The molecule has 0 saturated carbocycles. The number of halogens is 1. The molecule has 0 radical (unpaired) electrons. The molecular formula is C13H18IN3O2. The molecule has 1 atom stereocenters. The van der Waals surface area contributed by atoms with Gasteiger partial charge in [-0.1, -0.05) is 6.92 Å². The fourth-order valence-corrected chi connectivity index (χ4v) is 2.93. The van der Waals surface area contributed by atoms with Gasteiger partial charge in [-0.25, -0.2) is 0 Å². The van der Waals surface area contributed by atoms with Gasteiger partial charge in [0.05, 0.1) is 4.92 Å². The van der Waals surface area contributed by atoms with E-state index in [0.717, 1.165) is 36.0 Å². The molecule has 0 aromatic heterocycles. The summed E-state index contributed by atoms with van der Waals surface area (Å²) in [6.07, 6.45) is 2.21. The van der Waals surface area contributed by atoms with Crippen LogP contribution in [0.1, 0.15) is 19.8 Å². The molecular weight excluding hydrogens is 357 g/mol. The first-order valence-electron chi connectivity index (χ1n) is 6.53. The molecule has 1 heterocycles. The molecule has 0 aliphatic carbocycles. The van der Waals surface area contributed by atoms with Crippen LogP contribution in [0.25, 0.3) is 0 Å². The maximum Gasteiger partial charge on any atom is 0.293 e. The maximum atomic E-state index is 11.1. The number of benzene rings is 1. The fourth-order valence-electron chi connectivity index (χ4n) is 2.46. The lowest BCUT2D eigenvalue weighted by Gasteiger charge is -2.32. The second-order valence-electron chi connectivity index (χ2n) is 4.80. The third-order valence-electron chi connectivity index (χ3n) is 3.47. The van der Waals surface area contributed by atoms with E-state index < -0.39 is 0 Å². The fraction of sp³-hybridized carbons (Fsp3) is 0.538. The zero-order valence-electron chi connectivity index (χ0n) is 10.9. The number of piperidine rings is 1. The van der Waals surface area contributed by atoms with Gasteiger partial charge in [-0.2, -0.15) is 0 Å². The molecule has 1 saturated heterocycles. The number of rotatable bonds is 4. The Morgan fingerprint density at radius 1 is 1.58 bits per heavy atom. The highest BCUT2D eigenvalue weighted by Gasteiger charge is 2.22. The predicted octanol–water partition coefficient (Wildman–Crippen LogP) is 3.10. The van der Waals surface area contributed by atoms with E-state index in [9.17, 15) is 10.1 Å². The summed E-state index contributed by atoms with van der Waals surface area (Å²) in [5.74, 6) is 0. The Morgan fingerprint density at radius 3 is 3.05 bits per heavy atom. The number of likely N-dealkylation sites (tertiary alicyclic amines) is 1. The van der Waals surface area contributed by atoms with Gasteiger partial charge in [0.15, 0.2) is 0 Å². The molecule has 2 rings (SSSR count). The van der Waals surface area contributed by atoms with Crippen LogP contribution in [0.5, 0.6) is 0 Å². The zero-order chi connectivity index (χ0) is 13.8. The van der Waals surface area contributed by atoms with Crippen molar-refractivity contribution in [3.63, 3.8) is 0 Å². The van der Waals surface area contributed by atoms with E-state index in [1.165, 1.54) is 0 Å². The van der Waals surface area contributed by atoms with E-state index in [-0.39, 0.29) is 10.6 Å². The van der Waals surface area contributed by atoms with Crippen LogP contribution in [0.3, 0.4) is 0 Å². The van der Waals surface area contributed by atoms with Crippen molar-refractivity contribution in [2.75, 3.05) is 25.0 Å². The standard InChI is InChI=1S/C13H18IN3O2/c1-2-16-7-3-4-11(9-16)15-12-6-5-10(14)8-13(12)17(18)19/h5-6,8,11,15H,2-4,7,9H2,1H3. The van der Waals surface area contributed by atoms with Crippen LogP contribution in [0, 0.1) is 13.7 Å². The van der Waals surface area contributed by atoms with Crippen molar-refractivity contribution in [1.82, 2.24) is 4.90 Å². The normalized spacial score (nSPS) is 20.2. The quantitative estimate of drug-likeness (QED) is 0.499. The van der Waals surface area contributed by atoms with Crippen LogP contribution in [-0.4, -0.2) is 35.5 Å². The van der Waals surface area contributed by atoms with Gasteiger partial charge in [0, 0.05) is 22.2 Å². The van der Waals surface area contributed by atoms with Gasteiger partial charge in [0.2, 0.25) is 0 Å². The van der Waals surface area contributed by atoms with Crippen molar-refractivity contribution in [2.45, 2.75) is 25.8 Å². The molecule has 1 unspecified atom stereocenters. The van der Waals surface area contributed by atoms with E-state index >= 15 is 0 Å². The molecule has 1 aromatic carbocycles. The van der Waals surface area contributed by atoms with Gasteiger partial charge in [-0.15, -0.1) is 0 Å². The molecule has 0 amide bonds. The summed E-state index contributed by atoms with van der Waals surface area (Å²) in [5, 5.41) is 14.4. The summed E-state index contributed by atoms with van der Waals surface area (Å²) in [7, 11) is 0. The van der Waals surface area contributed by atoms with Crippen molar-refractivity contribution in [2.24, 2.45) is 0 Å². The van der Waals surface area contributed by atoms with E-state index in [1.54, 1.807) is 6.07 Å². The topological polar surface area (TPSA) is 58.4 Å². The van der Waals surface area contributed by atoms with Crippen molar-refractivity contribution in [1.29, 1.82) is 0 Å². The second-order valence-corrected chi connectivity index (χ2v) is 6.04. The number of anilines is 1. The molecule has 104 valence electrons. The smallest absolute Gasteiger partial charge is 0.293 e. The lowest BCUT2D eigenvalue weighted by atomic mass is 10.1. The Labute approximate surface area is 126 Å². The molecule has 19 heavy (non-hydrogen) atoms. The first-order valence-corrected chi connectivity index (χ1v) is 7.61. The third-order valence-corrected chi connectivity index (χ3v) is 4.14. The first-order chi connectivity index (χ1) is 9.10. The minimum absolute atomic E-state index is 0.167. The molecule has 6 heteroatoms. The Kier molecular flexibility index (Phi) is 4.98. The average molecular weight is 375 g/mol. The van der Waals surface area contributed by atoms with Gasteiger partial charge in [-0.05, 0) is 60.7 Å². The summed E-state index contributed by atoms with van der Waals surface area (Å²) in [6, 6.07) is 5.62. The van der Waals surface area contributed by atoms with Crippen LogP contribution < -0.4 is 5.32 Å². The highest BCUT2D eigenvalue weighted by Crippen LogP contribution is 2.28.